The molecule has 1 aromatic heterocycles. The number of nitrogens with zero attached hydrogens (tertiary/aromatic N) is 5. The molecule has 4 rings (SSSR count). The van der Waals surface area contributed by atoms with E-state index in [4.69, 9.17) is 9.84 Å². The third kappa shape index (κ3) is 6.62. The van der Waals surface area contributed by atoms with Crippen molar-refractivity contribution in [3.63, 3.8) is 0 Å². The Morgan fingerprint density at radius 2 is 1.64 bits per heavy atom. The molecule has 1 saturated heterocycles. The lowest BCUT2D eigenvalue weighted by molar-refractivity contribution is -0.146. The van der Waals surface area contributed by atoms with Crippen LogP contribution in [0.25, 0.3) is 17.1 Å². The molecule has 13 nitrogen and oxygen atoms in total. The number of rotatable bonds is 9. The van der Waals surface area contributed by atoms with Gasteiger partial charge in [0.05, 0.1) is 5.56 Å². The average Bonchev–Trinajstić information content (AvgIpc) is 3.38. The minimum absolute atomic E-state index is 0.0244. The molecule has 1 atom stereocenters. The first-order chi connectivity index (χ1) is 20.0. The number of piperazine rings is 1. The number of aromatic hydroxyl groups is 2. The Morgan fingerprint density at radius 1 is 0.976 bits per heavy atom. The Balaban J connectivity index is 1.55. The van der Waals surface area contributed by atoms with Gasteiger partial charge in [0.2, 0.25) is 5.82 Å². The molecule has 1 aliphatic heterocycles. The van der Waals surface area contributed by atoms with Gasteiger partial charge in [-0.3, -0.25) is 14.3 Å². The topological polar surface area (TPSA) is 170 Å². The van der Waals surface area contributed by atoms with Crippen molar-refractivity contribution < 1.29 is 34.4 Å². The number of ether oxygens (including phenoxy) is 1. The van der Waals surface area contributed by atoms with E-state index in [1.165, 1.54) is 17.9 Å². The lowest BCUT2D eigenvalue weighted by Crippen LogP contribution is -2.49. The summed E-state index contributed by atoms with van der Waals surface area (Å²) in [7, 11) is 0. The SMILES string of the molecule is CCNC(=O)c1nnc(-c2cc(C(C)C)c(O)cc2O)n1-c1ccc(CN2CCN(C(=O)O[C@@H](C)C(=O)O)CC2)cc1. The Kier molecular flexibility index (Phi) is 9.31. The van der Waals surface area contributed by atoms with Crippen molar-refractivity contribution >= 4 is 18.0 Å². The van der Waals surface area contributed by atoms with E-state index < -0.39 is 24.1 Å². The van der Waals surface area contributed by atoms with Crippen molar-refractivity contribution in [3.8, 4) is 28.6 Å². The van der Waals surface area contributed by atoms with Gasteiger partial charge >= 0.3 is 12.1 Å². The highest BCUT2D eigenvalue weighted by molar-refractivity contribution is 5.92. The average molecular weight is 581 g/mol. The Labute approximate surface area is 243 Å². The quantitative estimate of drug-likeness (QED) is 0.295. The number of amides is 2. The third-order valence-corrected chi connectivity index (χ3v) is 7.07. The van der Waals surface area contributed by atoms with Gasteiger partial charge in [-0.2, -0.15) is 0 Å². The second-order valence-electron chi connectivity index (χ2n) is 10.4. The zero-order valence-corrected chi connectivity index (χ0v) is 24.1. The van der Waals surface area contributed by atoms with Crippen molar-refractivity contribution in [3.05, 3.63) is 53.3 Å². The molecular weight excluding hydrogens is 544 g/mol. The number of phenolic OH excluding ortho intramolecular Hbond substituents is 2. The Morgan fingerprint density at radius 3 is 2.24 bits per heavy atom. The molecule has 4 N–H and O–H groups in total. The smallest absolute Gasteiger partial charge is 0.410 e. The van der Waals surface area contributed by atoms with Crippen LogP contribution in [0.3, 0.4) is 0 Å². The number of carboxylic acid groups (broad SMARTS) is 1. The standard InChI is InChI=1S/C29H36N6O7/c1-5-30-27(38)26-32-31-25(22-14-21(17(2)3)23(36)15-24(22)37)35(26)20-8-6-19(7-9-20)16-33-10-12-34(13-11-33)29(41)42-18(4)28(39)40/h6-9,14-15,17-18,36-37H,5,10-13,16H2,1-4H3,(H,30,38)(H,39,40)/t18-/m0/s1. The second-order valence-corrected chi connectivity index (χ2v) is 10.4. The first kappa shape index (κ1) is 30.3. The zero-order chi connectivity index (χ0) is 30.6. The molecule has 3 aromatic rings. The zero-order valence-electron chi connectivity index (χ0n) is 24.1. The maximum atomic E-state index is 12.9. The predicted octanol–water partition coefficient (Wildman–Crippen LogP) is 2.95. The van der Waals surface area contributed by atoms with Crippen LogP contribution in [-0.2, 0) is 16.1 Å². The van der Waals surface area contributed by atoms with E-state index in [-0.39, 0.29) is 29.1 Å². The largest absolute Gasteiger partial charge is 0.508 e. The van der Waals surface area contributed by atoms with Crippen LogP contribution in [0.15, 0.2) is 36.4 Å². The number of nitrogens with one attached hydrogen (secondary N) is 1. The highest BCUT2D eigenvalue weighted by atomic mass is 16.6. The van der Waals surface area contributed by atoms with Gasteiger partial charge in [-0.05, 0) is 49.1 Å². The van der Waals surface area contributed by atoms with Crippen LogP contribution in [0.1, 0.15) is 55.4 Å². The number of aromatic nitrogens is 3. The number of carbonyl (C=O) groups is 3. The van der Waals surface area contributed by atoms with Gasteiger partial charge in [0.1, 0.15) is 11.5 Å². The fourth-order valence-corrected chi connectivity index (χ4v) is 4.70. The number of benzene rings is 2. The van der Waals surface area contributed by atoms with Gasteiger partial charge in [0, 0.05) is 51.0 Å². The monoisotopic (exact) mass is 580 g/mol. The van der Waals surface area contributed by atoms with Crippen LogP contribution in [0.2, 0.25) is 0 Å². The fraction of sp³-hybridized carbons (Fsp3) is 0.414. The van der Waals surface area contributed by atoms with E-state index in [1.807, 2.05) is 38.1 Å². The Hall–Kier alpha value is -4.65. The second kappa shape index (κ2) is 12.9. The molecule has 1 aliphatic rings. The van der Waals surface area contributed by atoms with Crippen LogP contribution >= 0.6 is 0 Å². The predicted molar refractivity (Wildman–Crippen MR) is 153 cm³/mol. The van der Waals surface area contributed by atoms with Gasteiger partial charge < -0.3 is 30.3 Å². The first-order valence-corrected chi connectivity index (χ1v) is 13.8. The molecule has 0 spiro atoms. The van der Waals surface area contributed by atoms with Gasteiger partial charge in [0.25, 0.3) is 5.91 Å². The van der Waals surface area contributed by atoms with Crippen LogP contribution in [0.4, 0.5) is 4.79 Å². The van der Waals surface area contributed by atoms with Crippen molar-refractivity contribution in [2.24, 2.45) is 0 Å². The van der Waals surface area contributed by atoms with E-state index >= 15 is 0 Å². The van der Waals surface area contributed by atoms with Crippen molar-refractivity contribution in [2.45, 2.75) is 46.3 Å². The highest BCUT2D eigenvalue weighted by Crippen LogP contribution is 2.38. The number of hydrogen-bond acceptors (Lipinski definition) is 9. The molecule has 13 heteroatoms. The summed E-state index contributed by atoms with van der Waals surface area (Å²) >= 11 is 0. The van der Waals surface area contributed by atoms with Crippen LogP contribution < -0.4 is 5.32 Å². The molecule has 2 heterocycles. The molecule has 224 valence electrons. The van der Waals surface area contributed by atoms with Gasteiger partial charge in [-0.25, -0.2) is 9.59 Å². The summed E-state index contributed by atoms with van der Waals surface area (Å²) in [5.74, 6) is -1.55. The summed E-state index contributed by atoms with van der Waals surface area (Å²) in [6.07, 6.45) is -1.84. The van der Waals surface area contributed by atoms with Crippen LogP contribution in [0, 0.1) is 0 Å². The van der Waals surface area contributed by atoms with Crippen LogP contribution in [0.5, 0.6) is 11.5 Å². The van der Waals surface area contributed by atoms with E-state index in [1.54, 1.807) is 17.6 Å². The number of phenols is 2. The summed E-state index contributed by atoms with van der Waals surface area (Å²) in [5.41, 5.74) is 2.56. The lowest BCUT2D eigenvalue weighted by atomic mass is 9.98. The minimum Gasteiger partial charge on any atom is -0.508 e. The Bertz CT molecular complexity index is 1450. The fourth-order valence-electron chi connectivity index (χ4n) is 4.70. The normalized spacial score (nSPS) is 14.5. The van der Waals surface area contributed by atoms with Crippen molar-refractivity contribution in [2.75, 3.05) is 32.7 Å². The lowest BCUT2D eigenvalue weighted by Gasteiger charge is -2.34. The summed E-state index contributed by atoms with van der Waals surface area (Å²) in [5, 5.41) is 41.1. The minimum atomic E-state index is -1.20. The molecule has 42 heavy (non-hydrogen) atoms. The van der Waals surface area contributed by atoms with E-state index in [0.717, 1.165) is 5.56 Å². The van der Waals surface area contributed by atoms with E-state index in [2.05, 4.69) is 20.4 Å². The van der Waals surface area contributed by atoms with E-state index in [0.29, 0.717) is 56.1 Å². The van der Waals surface area contributed by atoms with Gasteiger partial charge in [-0.15, -0.1) is 10.2 Å². The molecule has 2 amide bonds. The summed E-state index contributed by atoms with van der Waals surface area (Å²) in [6, 6.07) is 10.4. The number of hydrogen-bond donors (Lipinski definition) is 4. The summed E-state index contributed by atoms with van der Waals surface area (Å²) in [6.45, 7) is 9.98. The van der Waals surface area contributed by atoms with E-state index in [9.17, 15) is 24.6 Å². The molecule has 0 unspecified atom stereocenters. The number of aliphatic carboxylic acids is 1. The van der Waals surface area contributed by atoms with Crippen molar-refractivity contribution in [1.29, 1.82) is 0 Å². The van der Waals surface area contributed by atoms with Gasteiger partial charge in [-0.1, -0.05) is 26.0 Å². The number of carbonyl (C=O) groups excluding carboxylic acids is 2. The van der Waals surface area contributed by atoms with Crippen LogP contribution in [-0.4, -0.2) is 96.7 Å². The highest BCUT2D eigenvalue weighted by Gasteiger charge is 2.27. The first-order valence-electron chi connectivity index (χ1n) is 13.8. The molecule has 0 saturated carbocycles. The maximum Gasteiger partial charge on any atom is 0.410 e. The molecule has 0 bridgehead atoms. The summed E-state index contributed by atoms with van der Waals surface area (Å²) in [4.78, 5) is 39.7. The third-order valence-electron chi connectivity index (χ3n) is 7.07. The molecule has 2 aromatic carbocycles. The molecule has 0 radical (unpaired) electrons. The summed E-state index contributed by atoms with van der Waals surface area (Å²) < 4.78 is 6.54. The number of carboxylic acids is 1. The van der Waals surface area contributed by atoms with Gasteiger partial charge in [0.15, 0.2) is 11.9 Å². The molecule has 1 fully saturated rings. The molecule has 0 aliphatic carbocycles. The van der Waals surface area contributed by atoms with Crippen molar-refractivity contribution in [1.82, 2.24) is 29.9 Å². The maximum absolute atomic E-state index is 12.9. The molecular formula is C29H36N6O7.